The number of anilines is 4. The van der Waals surface area contributed by atoms with E-state index < -0.39 is 11.8 Å². The summed E-state index contributed by atoms with van der Waals surface area (Å²) in [7, 11) is 0. The van der Waals surface area contributed by atoms with Crippen molar-refractivity contribution in [2.75, 3.05) is 16.4 Å². The Morgan fingerprint density at radius 2 is 1.33 bits per heavy atom. The highest BCUT2D eigenvalue weighted by molar-refractivity contribution is 6.15. The number of rotatable bonds is 4. The number of nitrogens with two attached hydrogens (primary N) is 3. The van der Waals surface area contributed by atoms with E-state index in [1.807, 2.05) is 0 Å². The van der Waals surface area contributed by atoms with Crippen molar-refractivity contribution in [1.82, 2.24) is 0 Å². The standard InChI is InChI=1S/C20H18N4O3/c21-14-5-1-3-7-16(14)24(17-8-4-2-6-15(17)22)20(27)13-10-9-12(19(23)26)11-18(13)25/h1-11,25H,21-22H2,(H2,23,26). The second-order valence-electron chi connectivity index (χ2n) is 5.85. The topological polar surface area (TPSA) is 136 Å². The number of nitrogen functional groups attached to an aromatic ring is 2. The zero-order chi connectivity index (χ0) is 19.6. The van der Waals surface area contributed by atoms with Gasteiger partial charge in [0, 0.05) is 5.56 Å². The molecule has 3 aromatic carbocycles. The summed E-state index contributed by atoms with van der Waals surface area (Å²) in [6, 6.07) is 17.5. The van der Waals surface area contributed by atoms with Crippen LogP contribution in [0.1, 0.15) is 20.7 Å². The van der Waals surface area contributed by atoms with Gasteiger partial charge in [-0.15, -0.1) is 0 Å². The summed E-state index contributed by atoms with van der Waals surface area (Å²) in [4.78, 5) is 25.9. The lowest BCUT2D eigenvalue weighted by Crippen LogP contribution is -2.27. The molecule has 0 aromatic heterocycles. The number of benzene rings is 3. The predicted octanol–water partition coefficient (Wildman–Crippen LogP) is 2.63. The van der Waals surface area contributed by atoms with Crippen LogP contribution in [0, 0.1) is 0 Å². The van der Waals surface area contributed by atoms with E-state index >= 15 is 0 Å². The van der Waals surface area contributed by atoms with Crippen LogP contribution in [0.5, 0.6) is 5.75 Å². The quantitative estimate of drug-likeness (QED) is 0.529. The molecule has 0 saturated carbocycles. The zero-order valence-corrected chi connectivity index (χ0v) is 14.3. The Morgan fingerprint density at radius 3 is 1.78 bits per heavy atom. The molecule has 7 nitrogen and oxygen atoms in total. The summed E-state index contributed by atoms with van der Waals surface area (Å²) >= 11 is 0. The maximum atomic E-state index is 13.3. The average Bonchev–Trinajstić information content (AvgIpc) is 2.64. The second-order valence-corrected chi connectivity index (χ2v) is 5.85. The van der Waals surface area contributed by atoms with Crippen LogP contribution >= 0.6 is 0 Å². The Balaban J connectivity index is 2.17. The SMILES string of the molecule is NC(=O)c1ccc(C(=O)N(c2ccccc2N)c2ccccc2N)c(O)c1. The van der Waals surface area contributed by atoms with Gasteiger partial charge in [-0.2, -0.15) is 0 Å². The molecule has 27 heavy (non-hydrogen) atoms. The van der Waals surface area contributed by atoms with Crippen molar-refractivity contribution in [3.8, 4) is 5.75 Å². The molecular weight excluding hydrogens is 344 g/mol. The Morgan fingerprint density at radius 1 is 0.815 bits per heavy atom. The molecule has 0 fully saturated rings. The van der Waals surface area contributed by atoms with Gasteiger partial charge >= 0.3 is 0 Å². The minimum atomic E-state index is -0.708. The van der Waals surface area contributed by atoms with Crippen molar-refractivity contribution < 1.29 is 14.7 Å². The van der Waals surface area contributed by atoms with E-state index in [0.29, 0.717) is 22.7 Å². The number of carbonyl (C=O) groups is 2. The summed E-state index contributed by atoms with van der Waals surface area (Å²) in [5.74, 6) is -1.63. The Labute approximate surface area is 155 Å². The molecule has 136 valence electrons. The Kier molecular flexibility index (Phi) is 4.68. The lowest BCUT2D eigenvalue weighted by molar-refractivity contribution is 0.0985. The summed E-state index contributed by atoms with van der Waals surface area (Å²) in [6.45, 7) is 0. The number of hydrogen-bond donors (Lipinski definition) is 4. The van der Waals surface area contributed by atoms with Crippen molar-refractivity contribution >= 4 is 34.6 Å². The second kappa shape index (κ2) is 7.09. The molecule has 2 amide bonds. The highest BCUT2D eigenvalue weighted by Crippen LogP contribution is 2.36. The first-order valence-corrected chi connectivity index (χ1v) is 8.06. The summed E-state index contributed by atoms with van der Waals surface area (Å²) in [5, 5.41) is 10.3. The Bertz CT molecular complexity index is 988. The van der Waals surface area contributed by atoms with Crippen LogP contribution in [0.2, 0.25) is 0 Å². The monoisotopic (exact) mass is 362 g/mol. The molecule has 7 N–H and O–H groups in total. The van der Waals surface area contributed by atoms with Gasteiger partial charge in [-0.05, 0) is 42.5 Å². The number of para-hydroxylation sites is 4. The van der Waals surface area contributed by atoms with E-state index in [9.17, 15) is 14.7 Å². The van der Waals surface area contributed by atoms with Crippen LogP contribution in [0.4, 0.5) is 22.7 Å². The van der Waals surface area contributed by atoms with Gasteiger partial charge in [0.05, 0.1) is 28.3 Å². The highest BCUT2D eigenvalue weighted by atomic mass is 16.3. The zero-order valence-electron chi connectivity index (χ0n) is 14.3. The van der Waals surface area contributed by atoms with E-state index in [1.54, 1.807) is 48.5 Å². The predicted molar refractivity (Wildman–Crippen MR) is 105 cm³/mol. The molecule has 0 radical (unpaired) electrons. The smallest absolute Gasteiger partial charge is 0.266 e. The van der Waals surface area contributed by atoms with Crippen molar-refractivity contribution in [3.05, 3.63) is 77.9 Å². The highest BCUT2D eigenvalue weighted by Gasteiger charge is 2.25. The first-order valence-electron chi connectivity index (χ1n) is 8.06. The Hall–Kier alpha value is -4.00. The lowest BCUT2D eigenvalue weighted by Gasteiger charge is -2.26. The number of carbonyl (C=O) groups excluding carboxylic acids is 2. The molecule has 0 unspecified atom stereocenters. The molecule has 3 rings (SSSR count). The maximum Gasteiger partial charge on any atom is 0.266 e. The van der Waals surface area contributed by atoms with Gasteiger partial charge in [0.15, 0.2) is 0 Å². The number of aromatic hydroxyl groups is 1. The maximum absolute atomic E-state index is 13.3. The van der Waals surface area contributed by atoms with Crippen LogP contribution in [0.25, 0.3) is 0 Å². The number of phenolic OH excluding ortho intramolecular Hbond substituents is 1. The van der Waals surface area contributed by atoms with E-state index in [-0.39, 0.29) is 16.9 Å². The fourth-order valence-corrected chi connectivity index (χ4v) is 2.72. The van der Waals surface area contributed by atoms with E-state index in [2.05, 4.69) is 0 Å². The van der Waals surface area contributed by atoms with Crippen molar-refractivity contribution in [2.45, 2.75) is 0 Å². The number of hydrogen-bond acceptors (Lipinski definition) is 5. The van der Waals surface area contributed by atoms with Gasteiger partial charge in [-0.25, -0.2) is 0 Å². The molecule has 0 saturated heterocycles. The third-order valence-corrected chi connectivity index (χ3v) is 4.07. The fourth-order valence-electron chi connectivity index (χ4n) is 2.72. The first kappa shape index (κ1) is 17.8. The van der Waals surface area contributed by atoms with Crippen LogP contribution in [0.15, 0.2) is 66.7 Å². The van der Waals surface area contributed by atoms with E-state index in [1.165, 1.54) is 17.0 Å². The lowest BCUT2D eigenvalue weighted by atomic mass is 10.1. The average molecular weight is 362 g/mol. The van der Waals surface area contributed by atoms with Gasteiger partial charge in [0.2, 0.25) is 5.91 Å². The number of nitrogens with zero attached hydrogens (tertiary/aromatic N) is 1. The van der Waals surface area contributed by atoms with E-state index in [0.717, 1.165) is 6.07 Å². The van der Waals surface area contributed by atoms with Crippen LogP contribution in [0.3, 0.4) is 0 Å². The molecule has 0 heterocycles. The molecule has 3 aromatic rings. The van der Waals surface area contributed by atoms with Gasteiger partial charge in [0.1, 0.15) is 5.75 Å². The minimum Gasteiger partial charge on any atom is -0.507 e. The molecule has 0 spiro atoms. The van der Waals surface area contributed by atoms with Crippen LogP contribution < -0.4 is 22.1 Å². The largest absolute Gasteiger partial charge is 0.507 e. The molecule has 7 heteroatoms. The molecule has 0 aliphatic heterocycles. The fraction of sp³-hybridized carbons (Fsp3) is 0. The third kappa shape index (κ3) is 3.38. The number of primary amides is 1. The van der Waals surface area contributed by atoms with Gasteiger partial charge < -0.3 is 22.3 Å². The molecule has 0 aliphatic carbocycles. The van der Waals surface area contributed by atoms with Crippen molar-refractivity contribution in [3.63, 3.8) is 0 Å². The molecule has 0 bridgehead atoms. The van der Waals surface area contributed by atoms with Gasteiger partial charge in [0.25, 0.3) is 5.91 Å². The summed E-state index contributed by atoms with van der Waals surface area (Å²) in [6.07, 6.45) is 0. The van der Waals surface area contributed by atoms with Crippen LogP contribution in [-0.2, 0) is 0 Å². The third-order valence-electron chi connectivity index (χ3n) is 4.07. The van der Waals surface area contributed by atoms with Crippen molar-refractivity contribution in [2.24, 2.45) is 5.73 Å². The molecular formula is C20H18N4O3. The first-order chi connectivity index (χ1) is 12.9. The number of phenols is 1. The van der Waals surface area contributed by atoms with Gasteiger partial charge in [-0.1, -0.05) is 24.3 Å². The summed E-state index contributed by atoms with van der Waals surface area (Å²) < 4.78 is 0. The van der Waals surface area contributed by atoms with Crippen LogP contribution in [-0.4, -0.2) is 16.9 Å². The molecule has 0 aliphatic rings. The minimum absolute atomic E-state index is 0.0218. The van der Waals surface area contributed by atoms with Crippen molar-refractivity contribution in [1.29, 1.82) is 0 Å². The molecule has 0 atom stereocenters. The number of amides is 2. The normalized spacial score (nSPS) is 10.4. The summed E-state index contributed by atoms with van der Waals surface area (Å²) in [5.41, 5.74) is 19.0. The van der Waals surface area contributed by atoms with E-state index in [4.69, 9.17) is 17.2 Å². The van der Waals surface area contributed by atoms with Gasteiger partial charge in [-0.3, -0.25) is 14.5 Å².